The highest BCUT2D eigenvalue weighted by molar-refractivity contribution is 6.43. The quantitative estimate of drug-likeness (QED) is 0.437. The second-order valence-electron chi connectivity index (χ2n) is 1.56. The van der Waals surface area contributed by atoms with E-state index in [9.17, 15) is 0 Å². The van der Waals surface area contributed by atoms with Crippen LogP contribution in [0.4, 0.5) is 0 Å². The summed E-state index contributed by atoms with van der Waals surface area (Å²) in [6, 6.07) is 4.95. The summed E-state index contributed by atoms with van der Waals surface area (Å²) in [6.45, 7) is 6.00. The number of benzene rings is 1. The Bertz CT molecular complexity index is 233. The van der Waals surface area contributed by atoms with Crippen molar-refractivity contribution in [2.75, 3.05) is 0 Å². The molecular weight excluding hydrogens is 202 g/mol. The smallest absolute Gasteiger partial charge is 0.0607 e. The molecule has 0 amide bonds. The highest BCUT2D eigenvalue weighted by atomic mass is 35.5. The lowest BCUT2D eigenvalue weighted by atomic mass is 10.4. The molecule has 0 aliphatic heterocycles. The highest BCUT2D eigenvalue weighted by Crippen LogP contribution is 2.24. The first-order chi connectivity index (χ1) is 5.20. The Kier molecular flexibility index (Phi) is 5.39. The molecule has 3 heteroatoms. The van der Waals surface area contributed by atoms with Crippen molar-refractivity contribution < 1.29 is 0 Å². The van der Waals surface area contributed by atoms with Gasteiger partial charge in [0.05, 0.1) is 10.0 Å². The Hall–Kier alpha value is -0.170. The molecule has 0 saturated heterocycles. The van der Waals surface area contributed by atoms with Crippen LogP contribution in [0, 0.1) is 0 Å². The largest absolute Gasteiger partial charge is 0.106 e. The lowest BCUT2D eigenvalue weighted by molar-refractivity contribution is 1.70. The van der Waals surface area contributed by atoms with Gasteiger partial charge in [0.1, 0.15) is 0 Å². The van der Waals surface area contributed by atoms with Gasteiger partial charge in [-0.25, -0.2) is 0 Å². The minimum atomic E-state index is 0.490. The summed E-state index contributed by atoms with van der Waals surface area (Å²) >= 11 is 16.8. The molecule has 60 valence electrons. The Balaban J connectivity index is 0.000000461. The van der Waals surface area contributed by atoms with Gasteiger partial charge in [-0.2, -0.15) is 0 Å². The van der Waals surface area contributed by atoms with Crippen LogP contribution in [0.2, 0.25) is 15.1 Å². The Morgan fingerprint density at radius 3 is 1.82 bits per heavy atom. The van der Waals surface area contributed by atoms with Gasteiger partial charge in [-0.1, -0.05) is 34.8 Å². The summed E-state index contributed by atoms with van der Waals surface area (Å²) in [7, 11) is 0. The number of hydrogen-bond donors (Lipinski definition) is 0. The summed E-state index contributed by atoms with van der Waals surface area (Å²) < 4.78 is 0. The molecule has 1 aromatic rings. The molecule has 0 atom stereocenters. The van der Waals surface area contributed by atoms with Crippen molar-refractivity contribution in [3.8, 4) is 0 Å². The maximum atomic E-state index is 5.60. The summed E-state index contributed by atoms with van der Waals surface area (Å²) in [5, 5.41) is 1.62. The van der Waals surface area contributed by atoms with E-state index in [4.69, 9.17) is 34.8 Å². The summed E-state index contributed by atoms with van der Waals surface area (Å²) in [5.74, 6) is 0. The zero-order valence-corrected chi connectivity index (χ0v) is 8.05. The van der Waals surface area contributed by atoms with Gasteiger partial charge >= 0.3 is 0 Å². The maximum Gasteiger partial charge on any atom is 0.0607 e. The van der Waals surface area contributed by atoms with Gasteiger partial charge in [0.25, 0.3) is 0 Å². The van der Waals surface area contributed by atoms with Crippen LogP contribution in [0.1, 0.15) is 0 Å². The van der Waals surface area contributed by atoms with Crippen molar-refractivity contribution in [2.45, 2.75) is 0 Å². The minimum Gasteiger partial charge on any atom is -0.106 e. The molecule has 0 N–H and O–H groups in total. The van der Waals surface area contributed by atoms with Crippen molar-refractivity contribution in [3.63, 3.8) is 0 Å². The second kappa shape index (κ2) is 5.48. The van der Waals surface area contributed by atoms with E-state index in [0.717, 1.165) is 0 Å². The van der Waals surface area contributed by atoms with E-state index in [-0.39, 0.29) is 0 Å². The van der Waals surface area contributed by atoms with Crippen LogP contribution in [0.3, 0.4) is 0 Å². The molecule has 0 fully saturated rings. The predicted octanol–water partition coefficient (Wildman–Crippen LogP) is 4.45. The minimum absolute atomic E-state index is 0.490. The second-order valence-corrected chi connectivity index (χ2v) is 2.81. The molecule has 0 unspecified atom stereocenters. The van der Waals surface area contributed by atoms with E-state index < -0.39 is 0 Å². The lowest BCUT2D eigenvalue weighted by Gasteiger charge is -1.92. The standard InChI is InChI=1S/C6H3Cl3.C2H4/c7-4-1-2-5(8)6(9)3-4;1-2/h1-3H;1-2H2. The fourth-order valence-electron chi connectivity index (χ4n) is 0.470. The molecule has 0 radical (unpaired) electrons. The molecule has 11 heavy (non-hydrogen) atoms. The molecule has 1 rings (SSSR count). The molecule has 0 aliphatic carbocycles. The van der Waals surface area contributed by atoms with E-state index in [2.05, 4.69) is 13.2 Å². The highest BCUT2D eigenvalue weighted by Gasteiger charge is 1.94. The van der Waals surface area contributed by atoms with Gasteiger partial charge < -0.3 is 0 Å². The summed E-state index contributed by atoms with van der Waals surface area (Å²) in [4.78, 5) is 0. The van der Waals surface area contributed by atoms with Crippen molar-refractivity contribution >= 4 is 34.8 Å². The van der Waals surface area contributed by atoms with Gasteiger partial charge in [0.15, 0.2) is 0 Å². The molecule has 0 saturated carbocycles. The molecule has 0 spiro atoms. The molecule has 1 aromatic carbocycles. The van der Waals surface area contributed by atoms with Crippen molar-refractivity contribution in [1.82, 2.24) is 0 Å². The van der Waals surface area contributed by atoms with Crippen LogP contribution in [0.5, 0.6) is 0 Å². The number of halogens is 3. The van der Waals surface area contributed by atoms with E-state index in [1.807, 2.05) is 0 Å². The van der Waals surface area contributed by atoms with Gasteiger partial charge in [0.2, 0.25) is 0 Å². The average Bonchev–Trinajstić information content (AvgIpc) is 2.02. The van der Waals surface area contributed by atoms with Crippen molar-refractivity contribution in [1.29, 1.82) is 0 Å². The van der Waals surface area contributed by atoms with Gasteiger partial charge in [0, 0.05) is 5.02 Å². The van der Waals surface area contributed by atoms with Crippen LogP contribution in [0.15, 0.2) is 31.4 Å². The van der Waals surface area contributed by atoms with E-state index in [1.165, 1.54) is 0 Å². The van der Waals surface area contributed by atoms with E-state index >= 15 is 0 Å². The monoisotopic (exact) mass is 208 g/mol. The van der Waals surface area contributed by atoms with Crippen LogP contribution >= 0.6 is 34.8 Å². The molecular formula is C8H7Cl3. The lowest BCUT2D eigenvalue weighted by Crippen LogP contribution is -1.66. The van der Waals surface area contributed by atoms with E-state index in [1.54, 1.807) is 18.2 Å². The van der Waals surface area contributed by atoms with Crippen molar-refractivity contribution in [3.05, 3.63) is 46.4 Å². The summed E-state index contributed by atoms with van der Waals surface area (Å²) in [6.07, 6.45) is 0. The SMILES string of the molecule is C=C.Clc1ccc(Cl)c(Cl)c1. The third-order valence-corrected chi connectivity index (χ3v) is 1.86. The fourth-order valence-corrected chi connectivity index (χ4v) is 0.997. The first-order valence-corrected chi connectivity index (χ1v) is 3.94. The van der Waals surface area contributed by atoms with Crippen LogP contribution in [-0.2, 0) is 0 Å². The first-order valence-electron chi connectivity index (χ1n) is 2.80. The van der Waals surface area contributed by atoms with Crippen molar-refractivity contribution in [2.24, 2.45) is 0 Å². The molecule has 0 nitrogen and oxygen atoms in total. The van der Waals surface area contributed by atoms with Gasteiger partial charge in [-0.3, -0.25) is 0 Å². The Morgan fingerprint density at radius 1 is 0.909 bits per heavy atom. The molecule has 0 bridgehead atoms. The van der Waals surface area contributed by atoms with Crippen LogP contribution < -0.4 is 0 Å². The number of hydrogen-bond acceptors (Lipinski definition) is 0. The molecule has 0 heterocycles. The summed E-state index contributed by atoms with van der Waals surface area (Å²) in [5.41, 5.74) is 0. The third-order valence-electron chi connectivity index (χ3n) is 0.882. The third kappa shape index (κ3) is 3.66. The average molecular weight is 210 g/mol. The predicted molar refractivity (Wildman–Crippen MR) is 52.7 cm³/mol. The number of rotatable bonds is 0. The normalized spacial score (nSPS) is 8.27. The van der Waals surface area contributed by atoms with Gasteiger partial charge in [-0.15, -0.1) is 13.2 Å². The molecule has 0 aromatic heterocycles. The Morgan fingerprint density at radius 2 is 1.45 bits per heavy atom. The first kappa shape index (κ1) is 10.8. The zero-order chi connectivity index (χ0) is 8.85. The fraction of sp³-hybridized carbons (Fsp3) is 0. The Labute approximate surface area is 81.4 Å². The zero-order valence-electron chi connectivity index (χ0n) is 5.78. The van der Waals surface area contributed by atoms with Gasteiger partial charge in [-0.05, 0) is 18.2 Å². The molecule has 0 aliphatic rings. The van der Waals surface area contributed by atoms with E-state index in [0.29, 0.717) is 15.1 Å². The maximum absolute atomic E-state index is 5.60. The topological polar surface area (TPSA) is 0 Å². The van der Waals surface area contributed by atoms with Crippen LogP contribution in [0.25, 0.3) is 0 Å². The van der Waals surface area contributed by atoms with Crippen LogP contribution in [-0.4, -0.2) is 0 Å².